The van der Waals surface area contributed by atoms with Crippen LogP contribution in [0.15, 0.2) is 58.8 Å². The van der Waals surface area contributed by atoms with Crippen LogP contribution in [0.25, 0.3) is 10.9 Å². The summed E-state index contributed by atoms with van der Waals surface area (Å²) in [4.78, 5) is 22.5. The number of carboxylic acid groups (broad SMARTS) is 1. The van der Waals surface area contributed by atoms with Crippen molar-refractivity contribution in [1.82, 2.24) is 15.1 Å². The first kappa shape index (κ1) is 27.4. The number of amides is 1. The van der Waals surface area contributed by atoms with Gasteiger partial charge in [-0.05, 0) is 35.4 Å². The standard InChI is InChI=1S/C24H24ClN5O6S2/c1-36-18-7-3-6-17-22(18)23(29-38(34,35)21-9-8-19(25)37-21)28-30(17)13-15-5-2-4-14(10-15)12-27-16(24(32)33)11-20(26)31/h2-10,16,27H,11-13H2,1H3,(H2,26,31)(H,28,29)(H,32,33). The zero-order chi connectivity index (χ0) is 27.4. The van der Waals surface area contributed by atoms with Crippen LogP contribution in [0.2, 0.25) is 4.34 Å². The molecule has 1 amide bonds. The number of methoxy groups -OCH3 is 1. The van der Waals surface area contributed by atoms with Crippen molar-refractivity contribution in [3.63, 3.8) is 0 Å². The topological polar surface area (TPSA) is 166 Å². The molecule has 38 heavy (non-hydrogen) atoms. The molecule has 2 aromatic carbocycles. The van der Waals surface area contributed by atoms with Gasteiger partial charge in [0.1, 0.15) is 16.0 Å². The second-order valence-electron chi connectivity index (χ2n) is 8.29. The van der Waals surface area contributed by atoms with E-state index in [4.69, 9.17) is 22.1 Å². The van der Waals surface area contributed by atoms with Crippen LogP contribution in [0.4, 0.5) is 5.82 Å². The van der Waals surface area contributed by atoms with E-state index in [1.165, 1.54) is 19.2 Å². The lowest BCUT2D eigenvalue weighted by atomic mass is 10.1. The molecular formula is C24H24ClN5O6S2. The molecule has 11 nitrogen and oxygen atoms in total. The third kappa shape index (κ3) is 6.25. The predicted octanol–water partition coefficient (Wildman–Crippen LogP) is 3.03. The van der Waals surface area contributed by atoms with E-state index in [0.29, 0.717) is 21.0 Å². The maximum Gasteiger partial charge on any atom is 0.321 e. The Morgan fingerprint density at radius 3 is 2.58 bits per heavy atom. The van der Waals surface area contributed by atoms with Gasteiger partial charge in [0.15, 0.2) is 5.82 Å². The number of thiophene rings is 1. The molecule has 4 rings (SSSR count). The van der Waals surface area contributed by atoms with E-state index in [0.717, 1.165) is 22.5 Å². The number of nitrogens with one attached hydrogen (secondary N) is 2. The second-order valence-corrected chi connectivity index (χ2v) is 11.9. The molecule has 200 valence electrons. The van der Waals surface area contributed by atoms with E-state index in [9.17, 15) is 23.1 Å². The van der Waals surface area contributed by atoms with Gasteiger partial charge in [0, 0.05) is 6.54 Å². The molecule has 0 radical (unpaired) electrons. The van der Waals surface area contributed by atoms with Gasteiger partial charge in [-0.2, -0.15) is 5.10 Å². The zero-order valence-corrected chi connectivity index (χ0v) is 22.4. The van der Waals surface area contributed by atoms with Gasteiger partial charge in [-0.15, -0.1) is 11.3 Å². The Bertz CT molecular complexity index is 1600. The number of fused-ring (bicyclic) bond motifs is 1. The number of nitrogens with two attached hydrogens (primary N) is 1. The van der Waals surface area contributed by atoms with Crippen LogP contribution in [0.1, 0.15) is 17.5 Å². The first-order chi connectivity index (χ1) is 18.1. The third-order valence-corrected chi connectivity index (χ3v) is 8.65. The fourth-order valence-electron chi connectivity index (χ4n) is 3.88. The lowest BCUT2D eigenvalue weighted by molar-refractivity contribution is -0.141. The number of halogens is 1. The largest absolute Gasteiger partial charge is 0.496 e. The van der Waals surface area contributed by atoms with Gasteiger partial charge >= 0.3 is 5.97 Å². The van der Waals surface area contributed by atoms with Gasteiger partial charge in [-0.25, -0.2) is 8.42 Å². The fourth-order valence-corrected chi connectivity index (χ4v) is 6.37. The van der Waals surface area contributed by atoms with E-state index >= 15 is 0 Å². The second kappa shape index (κ2) is 11.4. The molecule has 5 N–H and O–H groups in total. The Kier molecular flexibility index (Phi) is 8.21. The molecule has 0 aliphatic carbocycles. The number of carbonyl (C=O) groups excluding carboxylic acids is 1. The van der Waals surface area contributed by atoms with Gasteiger partial charge in [0.25, 0.3) is 10.0 Å². The SMILES string of the molecule is COc1cccc2c1c(NS(=O)(=O)c1ccc(Cl)s1)nn2Cc1cccc(CNC(CC(N)=O)C(=O)O)c1. The first-order valence-corrected chi connectivity index (χ1v) is 13.9. The van der Waals surface area contributed by atoms with Crippen molar-refractivity contribution < 1.29 is 27.9 Å². The van der Waals surface area contributed by atoms with Gasteiger partial charge in [0.05, 0.1) is 35.3 Å². The molecule has 2 heterocycles. The molecule has 1 unspecified atom stereocenters. The van der Waals surface area contributed by atoms with E-state index < -0.39 is 27.9 Å². The van der Waals surface area contributed by atoms with E-state index in [1.807, 2.05) is 24.3 Å². The van der Waals surface area contributed by atoms with Crippen molar-refractivity contribution >= 4 is 61.6 Å². The zero-order valence-electron chi connectivity index (χ0n) is 20.0. The first-order valence-electron chi connectivity index (χ1n) is 11.2. The van der Waals surface area contributed by atoms with E-state index in [1.54, 1.807) is 22.9 Å². The minimum atomic E-state index is -3.94. The number of carbonyl (C=O) groups is 2. The number of nitrogens with zero attached hydrogens (tertiary/aromatic N) is 2. The molecular weight excluding hydrogens is 554 g/mol. The van der Waals surface area contributed by atoms with Crippen LogP contribution in [-0.4, -0.2) is 48.3 Å². The van der Waals surface area contributed by atoms with Crippen LogP contribution in [0.5, 0.6) is 5.75 Å². The average Bonchev–Trinajstić information content (AvgIpc) is 3.45. The molecule has 0 fully saturated rings. The highest BCUT2D eigenvalue weighted by atomic mass is 35.5. The number of aromatic nitrogens is 2. The van der Waals surface area contributed by atoms with Crippen molar-refractivity contribution in [3.8, 4) is 5.75 Å². The van der Waals surface area contributed by atoms with Crippen LogP contribution in [-0.2, 0) is 32.7 Å². The monoisotopic (exact) mass is 577 g/mol. The number of anilines is 1. The maximum atomic E-state index is 13.0. The van der Waals surface area contributed by atoms with Crippen molar-refractivity contribution in [1.29, 1.82) is 0 Å². The molecule has 14 heteroatoms. The molecule has 1 atom stereocenters. The van der Waals surface area contributed by atoms with Crippen molar-refractivity contribution in [2.75, 3.05) is 11.8 Å². The summed E-state index contributed by atoms with van der Waals surface area (Å²) in [6.45, 7) is 0.480. The van der Waals surface area contributed by atoms with Crippen LogP contribution in [0, 0.1) is 0 Å². The minimum absolute atomic E-state index is 0.0521. The average molecular weight is 578 g/mol. The summed E-state index contributed by atoms with van der Waals surface area (Å²) in [6.07, 6.45) is -0.327. The number of hydrogen-bond acceptors (Lipinski definition) is 8. The highest BCUT2D eigenvalue weighted by Gasteiger charge is 2.23. The number of aliphatic carboxylic acids is 1. The maximum absolute atomic E-state index is 13.0. The van der Waals surface area contributed by atoms with E-state index in [2.05, 4.69) is 15.1 Å². The predicted molar refractivity (Wildman–Crippen MR) is 144 cm³/mol. The Morgan fingerprint density at radius 1 is 1.18 bits per heavy atom. The van der Waals surface area contributed by atoms with Crippen LogP contribution in [0.3, 0.4) is 0 Å². The fraction of sp³-hybridized carbons (Fsp3) is 0.208. The minimum Gasteiger partial charge on any atom is -0.496 e. The number of hydrogen-bond donors (Lipinski definition) is 4. The summed E-state index contributed by atoms with van der Waals surface area (Å²) in [5.41, 5.74) is 7.39. The number of rotatable bonds is 12. The van der Waals surface area contributed by atoms with Gasteiger partial charge in [0.2, 0.25) is 5.91 Å². The summed E-state index contributed by atoms with van der Waals surface area (Å²) in [6, 6.07) is 14.5. The van der Waals surface area contributed by atoms with E-state index in [-0.39, 0.29) is 29.5 Å². The Labute approximate surface area is 227 Å². The molecule has 0 aliphatic heterocycles. The molecule has 0 saturated heterocycles. The number of carboxylic acids is 1. The van der Waals surface area contributed by atoms with Crippen LogP contribution < -0.4 is 20.5 Å². The molecule has 0 bridgehead atoms. The number of benzene rings is 2. The lowest BCUT2D eigenvalue weighted by Crippen LogP contribution is -2.39. The Morgan fingerprint density at radius 2 is 1.92 bits per heavy atom. The third-order valence-electron chi connectivity index (χ3n) is 5.58. The highest BCUT2D eigenvalue weighted by Crippen LogP contribution is 2.35. The Balaban J connectivity index is 1.62. The molecule has 0 spiro atoms. The van der Waals surface area contributed by atoms with Crippen molar-refractivity contribution in [2.45, 2.75) is 29.8 Å². The van der Waals surface area contributed by atoms with Crippen molar-refractivity contribution in [2.24, 2.45) is 5.73 Å². The molecule has 2 aromatic heterocycles. The summed E-state index contributed by atoms with van der Waals surface area (Å²) >= 11 is 6.86. The Hall–Kier alpha value is -3.65. The van der Waals surface area contributed by atoms with Gasteiger partial charge in [-0.1, -0.05) is 41.9 Å². The lowest BCUT2D eigenvalue weighted by Gasteiger charge is -2.13. The highest BCUT2D eigenvalue weighted by molar-refractivity contribution is 7.94. The van der Waals surface area contributed by atoms with Gasteiger partial charge in [-0.3, -0.25) is 24.3 Å². The van der Waals surface area contributed by atoms with Gasteiger partial charge < -0.3 is 15.6 Å². The van der Waals surface area contributed by atoms with Crippen molar-refractivity contribution in [3.05, 3.63) is 70.1 Å². The summed E-state index contributed by atoms with van der Waals surface area (Å²) in [5.74, 6) is -1.33. The summed E-state index contributed by atoms with van der Waals surface area (Å²) in [5, 5.41) is 17.2. The number of primary amides is 1. The summed E-state index contributed by atoms with van der Waals surface area (Å²) < 4.78 is 36.0. The molecule has 0 saturated carbocycles. The normalized spacial score (nSPS) is 12.4. The van der Waals surface area contributed by atoms with Crippen LogP contribution >= 0.6 is 22.9 Å². The number of ether oxygens (including phenoxy) is 1. The molecule has 0 aliphatic rings. The quantitative estimate of drug-likeness (QED) is 0.199. The molecule has 4 aromatic rings. The number of sulfonamides is 1. The summed E-state index contributed by atoms with van der Waals surface area (Å²) in [7, 11) is -2.45. The smallest absolute Gasteiger partial charge is 0.321 e.